The van der Waals surface area contributed by atoms with E-state index in [4.69, 9.17) is 17.3 Å². The molecule has 1 fully saturated rings. The molecule has 0 aliphatic carbocycles. The predicted molar refractivity (Wildman–Crippen MR) is 87.2 cm³/mol. The van der Waals surface area contributed by atoms with Crippen molar-refractivity contribution in [1.82, 2.24) is 9.97 Å². The molecule has 0 spiro atoms. The first-order valence-corrected chi connectivity index (χ1v) is 7.62. The molecule has 114 valence electrons. The molecule has 0 radical (unpaired) electrons. The molecule has 0 unspecified atom stereocenters. The largest absolute Gasteiger partial charge is 0.368 e. The number of rotatable bonds is 3. The number of aromatic nitrogens is 2. The first-order chi connectivity index (χ1) is 10.6. The van der Waals surface area contributed by atoms with Crippen LogP contribution in [0.1, 0.15) is 24.0 Å². The van der Waals surface area contributed by atoms with Gasteiger partial charge in [0.05, 0.1) is 0 Å². The highest BCUT2D eigenvalue weighted by molar-refractivity contribution is 6.30. The van der Waals surface area contributed by atoms with Crippen molar-refractivity contribution in [2.75, 3.05) is 23.7 Å². The number of nitrogens with zero attached hydrogens (tertiary/aromatic N) is 3. The Balaban J connectivity index is 1.87. The van der Waals surface area contributed by atoms with E-state index in [1.54, 1.807) is 6.20 Å². The minimum absolute atomic E-state index is 0.256. The maximum Gasteiger partial charge on any atom is 0.221 e. The van der Waals surface area contributed by atoms with Crippen LogP contribution in [-0.2, 0) is 11.2 Å². The summed E-state index contributed by atoms with van der Waals surface area (Å²) in [6.45, 7) is 1.37. The number of piperidine rings is 1. The Morgan fingerprint density at radius 1 is 1.18 bits per heavy atom. The highest BCUT2D eigenvalue weighted by Crippen LogP contribution is 2.24. The van der Waals surface area contributed by atoms with E-state index in [0.717, 1.165) is 16.9 Å². The molecule has 1 aliphatic rings. The zero-order chi connectivity index (χ0) is 15.5. The Bertz CT molecular complexity index is 677. The van der Waals surface area contributed by atoms with Crippen molar-refractivity contribution >= 4 is 29.2 Å². The lowest BCUT2D eigenvalue weighted by atomic mass is 10.0. The molecule has 0 amide bonds. The fraction of sp³-hybridized carbons (Fsp3) is 0.312. The number of carbonyl (C=O) groups excluding carboxylic acids is 1. The number of nitrogens with two attached hydrogens (primary N) is 1. The van der Waals surface area contributed by atoms with Crippen LogP contribution < -0.4 is 10.6 Å². The molecule has 1 aromatic carbocycles. The van der Waals surface area contributed by atoms with Gasteiger partial charge in [-0.15, -0.1) is 0 Å². The summed E-state index contributed by atoms with van der Waals surface area (Å²) in [5.41, 5.74) is 7.88. The van der Waals surface area contributed by atoms with E-state index in [9.17, 15) is 4.79 Å². The van der Waals surface area contributed by atoms with Crippen LogP contribution in [0, 0.1) is 0 Å². The van der Waals surface area contributed by atoms with Gasteiger partial charge in [0.2, 0.25) is 5.95 Å². The molecule has 0 bridgehead atoms. The molecule has 2 heterocycles. The van der Waals surface area contributed by atoms with Crippen molar-refractivity contribution in [1.29, 1.82) is 0 Å². The number of Topliss-reactive ketones (excluding diaryl/α,β-unsaturated/α-hetero) is 1. The summed E-state index contributed by atoms with van der Waals surface area (Å²) in [5, 5.41) is 0.715. The number of hydrogen-bond acceptors (Lipinski definition) is 5. The van der Waals surface area contributed by atoms with E-state index in [0.29, 0.717) is 43.2 Å². The van der Waals surface area contributed by atoms with Crippen LogP contribution in [0.3, 0.4) is 0 Å². The van der Waals surface area contributed by atoms with Gasteiger partial charge in [-0.2, -0.15) is 4.98 Å². The summed E-state index contributed by atoms with van der Waals surface area (Å²) in [6.07, 6.45) is 3.59. The van der Waals surface area contributed by atoms with Gasteiger partial charge in [-0.1, -0.05) is 23.7 Å². The smallest absolute Gasteiger partial charge is 0.221 e. The quantitative estimate of drug-likeness (QED) is 0.941. The molecule has 3 rings (SSSR count). The van der Waals surface area contributed by atoms with Crippen molar-refractivity contribution < 1.29 is 4.79 Å². The van der Waals surface area contributed by atoms with Gasteiger partial charge in [0, 0.05) is 49.1 Å². The Kier molecular flexibility index (Phi) is 4.24. The Labute approximate surface area is 134 Å². The monoisotopic (exact) mass is 316 g/mol. The van der Waals surface area contributed by atoms with Gasteiger partial charge in [-0.3, -0.25) is 4.79 Å². The highest BCUT2D eigenvalue weighted by Gasteiger charge is 2.20. The number of ketones is 1. The highest BCUT2D eigenvalue weighted by atomic mass is 35.5. The van der Waals surface area contributed by atoms with Crippen LogP contribution in [0.4, 0.5) is 11.8 Å². The molecule has 0 saturated carbocycles. The summed E-state index contributed by atoms with van der Waals surface area (Å²) in [7, 11) is 0. The number of nitrogen functional groups attached to an aromatic ring is 1. The number of hydrogen-bond donors (Lipinski definition) is 1. The molecule has 2 aromatic rings. The third kappa shape index (κ3) is 3.36. The Hall–Kier alpha value is -2.14. The SMILES string of the molecule is Nc1ncc(Cc2ccc(Cl)cc2)c(N2CCC(=O)CC2)n1. The third-order valence-electron chi connectivity index (χ3n) is 3.79. The third-order valence-corrected chi connectivity index (χ3v) is 4.04. The summed E-state index contributed by atoms with van der Waals surface area (Å²) in [4.78, 5) is 22.0. The Morgan fingerprint density at radius 2 is 1.86 bits per heavy atom. The number of carbonyl (C=O) groups is 1. The summed E-state index contributed by atoms with van der Waals surface area (Å²) in [5.74, 6) is 1.39. The minimum atomic E-state index is 0.256. The van der Waals surface area contributed by atoms with Crippen molar-refractivity contribution in [3.63, 3.8) is 0 Å². The van der Waals surface area contributed by atoms with Crippen LogP contribution in [0.15, 0.2) is 30.5 Å². The topological polar surface area (TPSA) is 72.1 Å². The van der Waals surface area contributed by atoms with Crippen molar-refractivity contribution in [2.24, 2.45) is 0 Å². The van der Waals surface area contributed by atoms with Gasteiger partial charge < -0.3 is 10.6 Å². The second kappa shape index (κ2) is 6.32. The molecule has 6 heteroatoms. The first kappa shape index (κ1) is 14.8. The molecule has 1 aliphatic heterocycles. The van der Waals surface area contributed by atoms with Gasteiger partial charge in [0.1, 0.15) is 11.6 Å². The average molecular weight is 317 g/mol. The molecule has 22 heavy (non-hydrogen) atoms. The van der Waals surface area contributed by atoms with Gasteiger partial charge in [0.25, 0.3) is 0 Å². The second-order valence-corrected chi connectivity index (χ2v) is 5.84. The average Bonchev–Trinajstić information content (AvgIpc) is 2.52. The molecule has 1 saturated heterocycles. The fourth-order valence-corrected chi connectivity index (χ4v) is 2.73. The van der Waals surface area contributed by atoms with Crippen LogP contribution in [-0.4, -0.2) is 28.8 Å². The molecule has 2 N–H and O–H groups in total. The van der Waals surface area contributed by atoms with Crippen molar-refractivity contribution in [3.8, 4) is 0 Å². The second-order valence-electron chi connectivity index (χ2n) is 5.41. The molecule has 0 atom stereocenters. The van der Waals surface area contributed by atoms with Crippen LogP contribution in [0.2, 0.25) is 5.02 Å². The normalized spacial score (nSPS) is 15.1. The van der Waals surface area contributed by atoms with Gasteiger partial charge in [-0.25, -0.2) is 4.98 Å². The Morgan fingerprint density at radius 3 is 2.55 bits per heavy atom. The molecular formula is C16H17ClN4O. The first-order valence-electron chi connectivity index (χ1n) is 7.24. The van der Waals surface area contributed by atoms with Crippen LogP contribution in [0.5, 0.6) is 0 Å². The van der Waals surface area contributed by atoms with Crippen molar-refractivity contribution in [2.45, 2.75) is 19.3 Å². The number of halogens is 1. The van der Waals surface area contributed by atoms with Gasteiger partial charge >= 0.3 is 0 Å². The maximum atomic E-state index is 11.4. The van der Waals surface area contributed by atoms with E-state index in [2.05, 4.69) is 14.9 Å². The summed E-state index contributed by atoms with van der Waals surface area (Å²) < 4.78 is 0. The standard InChI is InChI=1S/C16H17ClN4O/c17-13-3-1-11(2-4-13)9-12-10-19-16(18)20-15(12)21-7-5-14(22)6-8-21/h1-4,10H,5-9H2,(H2,18,19,20). The van der Waals surface area contributed by atoms with E-state index in [1.807, 2.05) is 24.3 Å². The summed E-state index contributed by atoms with van der Waals surface area (Å²) >= 11 is 5.92. The minimum Gasteiger partial charge on any atom is -0.368 e. The van der Waals surface area contributed by atoms with Gasteiger partial charge in [0.15, 0.2) is 0 Å². The predicted octanol–water partition coefficient (Wildman–Crippen LogP) is 2.47. The number of anilines is 2. The van der Waals surface area contributed by atoms with E-state index in [1.165, 1.54) is 0 Å². The zero-order valence-corrected chi connectivity index (χ0v) is 12.9. The van der Waals surface area contributed by atoms with Crippen LogP contribution >= 0.6 is 11.6 Å². The van der Waals surface area contributed by atoms with E-state index in [-0.39, 0.29) is 5.95 Å². The van der Waals surface area contributed by atoms with Crippen LogP contribution in [0.25, 0.3) is 0 Å². The van der Waals surface area contributed by atoms with Gasteiger partial charge in [-0.05, 0) is 17.7 Å². The molecular weight excluding hydrogens is 300 g/mol. The summed E-state index contributed by atoms with van der Waals surface area (Å²) in [6, 6.07) is 7.72. The lowest BCUT2D eigenvalue weighted by molar-refractivity contribution is -0.119. The molecule has 5 nitrogen and oxygen atoms in total. The molecule has 1 aromatic heterocycles. The fourth-order valence-electron chi connectivity index (χ4n) is 2.60. The van der Waals surface area contributed by atoms with E-state index < -0.39 is 0 Å². The van der Waals surface area contributed by atoms with E-state index >= 15 is 0 Å². The lowest BCUT2D eigenvalue weighted by Gasteiger charge is -2.28. The number of benzene rings is 1. The maximum absolute atomic E-state index is 11.4. The van der Waals surface area contributed by atoms with Crippen molar-refractivity contribution in [3.05, 3.63) is 46.6 Å². The lowest BCUT2D eigenvalue weighted by Crippen LogP contribution is -2.35. The zero-order valence-electron chi connectivity index (χ0n) is 12.1.